The summed E-state index contributed by atoms with van der Waals surface area (Å²) in [5.41, 5.74) is 9.07. The summed E-state index contributed by atoms with van der Waals surface area (Å²) in [6, 6.07) is 6.42. The Labute approximate surface area is 90.9 Å². The Morgan fingerprint density at radius 2 is 2.31 bits per heavy atom. The third-order valence-electron chi connectivity index (χ3n) is 2.51. The molecule has 0 saturated heterocycles. The molecule has 0 aliphatic heterocycles. The van der Waals surface area contributed by atoms with E-state index in [2.05, 4.69) is 34.7 Å². The molecule has 0 amide bonds. The highest BCUT2D eigenvalue weighted by atomic mass is 127. The standard InChI is InChI=1S/C10H9IN2/c11-9-3-1-7-6(8(9)5-12)2-4-10(7)13/h1,3,10H,2,4,13H2. The summed E-state index contributed by atoms with van der Waals surface area (Å²) >= 11 is 2.20. The van der Waals surface area contributed by atoms with Crippen molar-refractivity contribution in [3.8, 4) is 6.07 Å². The maximum Gasteiger partial charge on any atom is 0.101 e. The fourth-order valence-corrected chi connectivity index (χ4v) is 2.45. The second-order valence-electron chi connectivity index (χ2n) is 3.25. The van der Waals surface area contributed by atoms with Crippen LogP contribution in [0.15, 0.2) is 12.1 Å². The minimum atomic E-state index is 0.138. The number of nitriles is 1. The molecule has 0 bridgehead atoms. The Morgan fingerprint density at radius 1 is 1.54 bits per heavy atom. The first-order valence-electron chi connectivity index (χ1n) is 4.21. The molecule has 1 aromatic carbocycles. The van der Waals surface area contributed by atoms with Crippen molar-refractivity contribution in [1.29, 1.82) is 5.26 Å². The third-order valence-corrected chi connectivity index (χ3v) is 3.41. The van der Waals surface area contributed by atoms with Gasteiger partial charge in [0.15, 0.2) is 0 Å². The number of fused-ring (bicyclic) bond motifs is 1. The molecular formula is C10H9IN2. The summed E-state index contributed by atoms with van der Waals surface area (Å²) in [4.78, 5) is 0. The number of hydrogen-bond donors (Lipinski definition) is 1. The molecule has 0 spiro atoms. The molecule has 2 nitrogen and oxygen atoms in total. The Bertz CT molecular complexity index is 393. The van der Waals surface area contributed by atoms with E-state index in [-0.39, 0.29) is 6.04 Å². The van der Waals surface area contributed by atoms with Crippen LogP contribution in [0.25, 0.3) is 0 Å². The van der Waals surface area contributed by atoms with Crippen LogP contribution >= 0.6 is 22.6 Å². The fourth-order valence-electron chi connectivity index (χ4n) is 1.83. The quantitative estimate of drug-likeness (QED) is 0.742. The molecule has 0 heterocycles. The van der Waals surface area contributed by atoms with Crippen LogP contribution in [0.2, 0.25) is 0 Å². The average molecular weight is 284 g/mol. The molecule has 2 rings (SSSR count). The number of nitrogens with two attached hydrogens (primary N) is 1. The van der Waals surface area contributed by atoms with Crippen molar-refractivity contribution in [1.82, 2.24) is 0 Å². The lowest BCUT2D eigenvalue weighted by Crippen LogP contribution is -2.05. The average Bonchev–Trinajstić information content (AvgIpc) is 2.48. The zero-order valence-electron chi connectivity index (χ0n) is 7.05. The molecule has 1 aliphatic rings. The fraction of sp³-hybridized carbons (Fsp3) is 0.300. The molecule has 1 unspecified atom stereocenters. The van der Waals surface area contributed by atoms with E-state index >= 15 is 0 Å². The first-order chi connectivity index (χ1) is 6.24. The molecular weight excluding hydrogens is 275 g/mol. The predicted molar refractivity (Wildman–Crippen MR) is 59.1 cm³/mol. The van der Waals surface area contributed by atoms with Crippen molar-refractivity contribution in [3.63, 3.8) is 0 Å². The van der Waals surface area contributed by atoms with Gasteiger partial charge in [-0.15, -0.1) is 0 Å². The Morgan fingerprint density at radius 3 is 3.00 bits per heavy atom. The number of rotatable bonds is 0. The molecule has 3 heteroatoms. The molecule has 1 aromatic rings. The number of nitrogens with zero attached hydrogens (tertiary/aromatic N) is 1. The highest BCUT2D eigenvalue weighted by molar-refractivity contribution is 14.1. The van der Waals surface area contributed by atoms with Crippen LogP contribution < -0.4 is 5.73 Å². The van der Waals surface area contributed by atoms with Crippen molar-refractivity contribution in [3.05, 3.63) is 32.4 Å². The van der Waals surface area contributed by atoms with Crippen molar-refractivity contribution in [2.75, 3.05) is 0 Å². The van der Waals surface area contributed by atoms with E-state index in [1.54, 1.807) is 0 Å². The van der Waals surface area contributed by atoms with E-state index in [4.69, 9.17) is 11.0 Å². The van der Waals surface area contributed by atoms with Crippen molar-refractivity contribution >= 4 is 22.6 Å². The minimum absolute atomic E-state index is 0.138. The predicted octanol–water partition coefficient (Wildman–Crippen LogP) is 2.11. The highest BCUT2D eigenvalue weighted by Gasteiger charge is 2.22. The van der Waals surface area contributed by atoms with Crippen LogP contribution in [0.5, 0.6) is 0 Å². The Hall–Kier alpha value is -0.600. The molecule has 66 valence electrons. The maximum atomic E-state index is 8.97. The number of benzene rings is 1. The van der Waals surface area contributed by atoms with Crippen molar-refractivity contribution in [2.45, 2.75) is 18.9 Å². The van der Waals surface area contributed by atoms with Gasteiger partial charge in [-0.3, -0.25) is 0 Å². The van der Waals surface area contributed by atoms with Gasteiger partial charge in [0.05, 0.1) is 5.56 Å². The van der Waals surface area contributed by atoms with Gasteiger partial charge in [0, 0.05) is 9.61 Å². The molecule has 2 N–H and O–H groups in total. The van der Waals surface area contributed by atoms with Gasteiger partial charge in [-0.2, -0.15) is 5.26 Å². The van der Waals surface area contributed by atoms with Crippen LogP contribution in [-0.4, -0.2) is 0 Å². The van der Waals surface area contributed by atoms with Gasteiger partial charge in [0.1, 0.15) is 6.07 Å². The minimum Gasteiger partial charge on any atom is -0.324 e. The summed E-state index contributed by atoms with van der Waals surface area (Å²) in [7, 11) is 0. The lowest BCUT2D eigenvalue weighted by Gasteiger charge is -2.06. The summed E-state index contributed by atoms with van der Waals surface area (Å²) in [6.07, 6.45) is 1.93. The second kappa shape index (κ2) is 3.28. The first-order valence-corrected chi connectivity index (χ1v) is 5.29. The monoisotopic (exact) mass is 284 g/mol. The zero-order valence-corrected chi connectivity index (χ0v) is 9.21. The van der Waals surface area contributed by atoms with Crippen LogP contribution in [-0.2, 0) is 6.42 Å². The van der Waals surface area contributed by atoms with E-state index in [9.17, 15) is 0 Å². The van der Waals surface area contributed by atoms with Crippen molar-refractivity contribution in [2.24, 2.45) is 5.73 Å². The van der Waals surface area contributed by atoms with Crippen molar-refractivity contribution < 1.29 is 0 Å². The number of halogens is 1. The molecule has 0 radical (unpaired) electrons. The van der Waals surface area contributed by atoms with E-state index in [1.807, 2.05) is 6.07 Å². The Balaban J connectivity index is 2.66. The van der Waals surface area contributed by atoms with Gasteiger partial charge in [0.25, 0.3) is 0 Å². The van der Waals surface area contributed by atoms with Gasteiger partial charge in [-0.05, 0) is 52.6 Å². The van der Waals surface area contributed by atoms with Gasteiger partial charge < -0.3 is 5.73 Å². The lowest BCUT2D eigenvalue weighted by atomic mass is 10.0. The van der Waals surface area contributed by atoms with Crippen LogP contribution in [0, 0.1) is 14.9 Å². The maximum absolute atomic E-state index is 8.97. The zero-order chi connectivity index (χ0) is 9.42. The molecule has 0 fully saturated rings. The van der Waals surface area contributed by atoms with Gasteiger partial charge in [-0.1, -0.05) is 6.07 Å². The Kier molecular flexibility index (Phi) is 2.26. The van der Waals surface area contributed by atoms with Crippen LogP contribution in [0.4, 0.5) is 0 Å². The van der Waals surface area contributed by atoms with Gasteiger partial charge >= 0.3 is 0 Å². The summed E-state index contributed by atoms with van der Waals surface area (Å²) in [6.45, 7) is 0. The topological polar surface area (TPSA) is 49.8 Å². The van der Waals surface area contributed by atoms with E-state index in [0.717, 1.165) is 27.5 Å². The molecule has 0 saturated carbocycles. The SMILES string of the molecule is N#Cc1c(I)ccc2c1CCC2N. The van der Waals surface area contributed by atoms with E-state index in [0.29, 0.717) is 0 Å². The van der Waals surface area contributed by atoms with E-state index in [1.165, 1.54) is 5.56 Å². The first kappa shape index (κ1) is 8.97. The summed E-state index contributed by atoms with van der Waals surface area (Å²) in [5.74, 6) is 0. The van der Waals surface area contributed by atoms with Crippen LogP contribution in [0.1, 0.15) is 29.2 Å². The largest absolute Gasteiger partial charge is 0.324 e. The van der Waals surface area contributed by atoms with Crippen LogP contribution in [0.3, 0.4) is 0 Å². The molecule has 0 aromatic heterocycles. The van der Waals surface area contributed by atoms with Gasteiger partial charge in [0.2, 0.25) is 0 Å². The molecule has 1 atom stereocenters. The second-order valence-corrected chi connectivity index (χ2v) is 4.41. The van der Waals surface area contributed by atoms with E-state index < -0.39 is 0 Å². The molecule has 1 aliphatic carbocycles. The lowest BCUT2D eigenvalue weighted by molar-refractivity contribution is 0.713. The normalized spacial score (nSPS) is 19.6. The molecule has 13 heavy (non-hydrogen) atoms. The smallest absolute Gasteiger partial charge is 0.101 e. The highest BCUT2D eigenvalue weighted by Crippen LogP contribution is 2.33. The summed E-state index contributed by atoms with van der Waals surface area (Å²) in [5, 5.41) is 8.97. The number of hydrogen-bond acceptors (Lipinski definition) is 2. The third kappa shape index (κ3) is 1.34. The van der Waals surface area contributed by atoms with Gasteiger partial charge in [-0.25, -0.2) is 0 Å². The summed E-state index contributed by atoms with van der Waals surface area (Å²) < 4.78 is 1.04.